The van der Waals surface area contributed by atoms with Crippen LogP contribution in [-0.2, 0) is 0 Å². The van der Waals surface area contributed by atoms with E-state index in [0.29, 0.717) is 22.5 Å². The number of nitriles is 1. The molecule has 2 aromatic carbocycles. The molecule has 2 N–H and O–H groups in total. The molecule has 2 rings (SSSR count). The van der Waals surface area contributed by atoms with Crippen molar-refractivity contribution >= 4 is 17.3 Å². The average molecular weight is 251 g/mol. The van der Waals surface area contributed by atoms with Gasteiger partial charge in [0.15, 0.2) is 0 Å². The maximum Gasteiger partial charge on any atom is 0.258 e. The van der Waals surface area contributed by atoms with Crippen LogP contribution in [-0.4, -0.2) is 13.0 Å². The first-order valence-electron chi connectivity index (χ1n) is 5.76. The molecule has 0 aromatic heterocycles. The summed E-state index contributed by atoms with van der Waals surface area (Å²) in [6, 6.07) is 15.8. The summed E-state index contributed by atoms with van der Waals surface area (Å²) < 4.78 is 0. The van der Waals surface area contributed by atoms with Crippen molar-refractivity contribution in [3.05, 3.63) is 59.7 Å². The fraction of sp³-hybridized carbons (Fsp3) is 0.0667. The molecular weight excluding hydrogens is 238 g/mol. The standard InChI is InChI=1S/C15H13N3O/c1-18(14-8-3-2-7-13(14)17)15(19)12-6-4-5-11(9-12)10-16/h2-9H,17H2,1H3. The number of nitrogen functional groups attached to an aromatic ring is 1. The van der Waals surface area contributed by atoms with E-state index in [0.717, 1.165) is 0 Å². The van der Waals surface area contributed by atoms with Crippen LogP contribution in [0.3, 0.4) is 0 Å². The van der Waals surface area contributed by atoms with Crippen LogP contribution in [0.5, 0.6) is 0 Å². The highest BCUT2D eigenvalue weighted by Gasteiger charge is 2.15. The summed E-state index contributed by atoms with van der Waals surface area (Å²) in [6.45, 7) is 0. The molecule has 0 spiro atoms. The summed E-state index contributed by atoms with van der Waals surface area (Å²) in [5.41, 5.74) is 7.95. The number of amides is 1. The summed E-state index contributed by atoms with van der Waals surface area (Å²) in [7, 11) is 1.66. The SMILES string of the molecule is CN(C(=O)c1cccc(C#N)c1)c1ccccc1N. The largest absolute Gasteiger partial charge is 0.397 e. The minimum atomic E-state index is -0.199. The zero-order chi connectivity index (χ0) is 13.8. The van der Waals surface area contributed by atoms with Crippen LogP contribution in [0.4, 0.5) is 11.4 Å². The van der Waals surface area contributed by atoms with Crippen molar-refractivity contribution < 1.29 is 4.79 Å². The van der Waals surface area contributed by atoms with E-state index in [-0.39, 0.29) is 5.91 Å². The lowest BCUT2D eigenvalue weighted by atomic mass is 10.1. The Bertz CT molecular complexity index is 658. The van der Waals surface area contributed by atoms with Gasteiger partial charge in [-0.15, -0.1) is 0 Å². The predicted octanol–water partition coefficient (Wildman–Crippen LogP) is 2.42. The Kier molecular flexibility index (Phi) is 3.48. The fourth-order valence-corrected chi connectivity index (χ4v) is 1.82. The van der Waals surface area contributed by atoms with E-state index in [1.807, 2.05) is 18.2 Å². The van der Waals surface area contributed by atoms with Gasteiger partial charge >= 0.3 is 0 Å². The van der Waals surface area contributed by atoms with Crippen molar-refractivity contribution in [2.24, 2.45) is 0 Å². The Morgan fingerprint density at radius 3 is 2.63 bits per heavy atom. The molecule has 0 atom stereocenters. The molecule has 1 amide bonds. The van der Waals surface area contributed by atoms with Crippen molar-refractivity contribution in [3.8, 4) is 6.07 Å². The summed E-state index contributed by atoms with van der Waals surface area (Å²) >= 11 is 0. The second-order valence-corrected chi connectivity index (χ2v) is 4.12. The third-order valence-corrected chi connectivity index (χ3v) is 2.84. The number of para-hydroxylation sites is 2. The molecule has 4 heteroatoms. The first-order valence-corrected chi connectivity index (χ1v) is 5.76. The van der Waals surface area contributed by atoms with Gasteiger partial charge < -0.3 is 10.6 Å². The normalized spacial score (nSPS) is 9.68. The van der Waals surface area contributed by atoms with Gasteiger partial charge in [0.25, 0.3) is 5.91 Å². The Morgan fingerprint density at radius 2 is 1.95 bits per heavy atom. The third kappa shape index (κ3) is 2.55. The topological polar surface area (TPSA) is 70.1 Å². The highest BCUT2D eigenvalue weighted by atomic mass is 16.2. The Balaban J connectivity index is 2.34. The van der Waals surface area contributed by atoms with Gasteiger partial charge in [0.05, 0.1) is 23.0 Å². The number of carbonyl (C=O) groups is 1. The molecule has 0 fully saturated rings. The quantitative estimate of drug-likeness (QED) is 0.833. The van der Waals surface area contributed by atoms with Crippen LogP contribution in [0.25, 0.3) is 0 Å². The molecule has 94 valence electrons. The molecule has 0 saturated heterocycles. The lowest BCUT2D eigenvalue weighted by molar-refractivity contribution is 0.0993. The number of benzene rings is 2. The van der Waals surface area contributed by atoms with Crippen molar-refractivity contribution in [1.82, 2.24) is 0 Å². The van der Waals surface area contributed by atoms with Gasteiger partial charge in [0.1, 0.15) is 0 Å². The van der Waals surface area contributed by atoms with Gasteiger partial charge in [-0.1, -0.05) is 18.2 Å². The molecule has 4 nitrogen and oxygen atoms in total. The van der Waals surface area contributed by atoms with Gasteiger partial charge in [-0.25, -0.2) is 0 Å². The van der Waals surface area contributed by atoms with Crippen LogP contribution in [0.2, 0.25) is 0 Å². The number of rotatable bonds is 2. The smallest absolute Gasteiger partial charge is 0.258 e. The molecule has 0 radical (unpaired) electrons. The maximum absolute atomic E-state index is 12.3. The number of nitrogens with two attached hydrogens (primary N) is 1. The zero-order valence-electron chi connectivity index (χ0n) is 10.5. The molecule has 0 aliphatic carbocycles. The van der Waals surface area contributed by atoms with Gasteiger partial charge in [-0.2, -0.15) is 5.26 Å². The Hall–Kier alpha value is -2.80. The average Bonchev–Trinajstić information content (AvgIpc) is 2.46. The molecular formula is C15H13N3O. The van der Waals surface area contributed by atoms with E-state index in [1.54, 1.807) is 43.4 Å². The fourth-order valence-electron chi connectivity index (χ4n) is 1.82. The van der Waals surface area contributed by atoms with Crippen molar-refractivity contribution in [2.45, 2.75) is 0 Å². The molecule has 0 bridgehead atoms. The first-order chi connectivity index (χ1) is 9.13. The lowest BCUT2D eigenvalue weighted by Gasteiger charge is -2.19. The second kappa shape index (κ2) is 5.23. The molecule has 0 saturated carbocycles. The van der Waals surface area contributed by atoms with Crippen molar-refractivity contribution in [1.29, 1.82) is 5.26 Å². The first kappa shape index (κ1) is 12.7. The van der Waals surface area contributed by atoms with E-state index in [9.17, 15) is 4.79 Å². The third-order valence-electron chi connectivity index (χ3n) is 2.84. The van der Waals surface area contributed by atoms with Crippen LogP contribution < -0.4 is 10.6 Å². The molecule has 0 unspecified atom stereocenters. The highest BCUT2D eigenvalue weighted by Crippen LogP contribution is 2.22. The van der Waals surface area contributed by atoms with E-state index >= 15 is 0 Å². The summed E-state index contributed by atoms with van der Waals surface area (Å²) in [6.07, 6.45) is 0. The minimum absolute atomic E-state index is 0.199. The van der Waals surface area contributed by atoms with Crippen molar-refractivity contribution in [3.63, 3.8) is 0 Å². The van der Waals surface area contributed by atoms with Crippen LogP contribution >= 0.6 is 0 Å². The molecule has 0 heterocycles. The Labute approximate surface area is 111 Å². The van der Waals surface area contributed by atoms with Gasteiger partial charge in [-0.3, -0.25) is 4.79 Å². The molecule has 0 aliphatic rings. The van der Waals surface area contributed by atoms with Gasteiger partial charge in [0.2, 0.25) is 0 Å². The number of anilines is 2. The number of hydrogen-bond donors (Lipinski definition) is 1. The molecule has 2 aromatic rings. The Morgan fingerprint density at radius 1 is 1.21 bits per heavy atom. The zero-order valence-corrected chi connectivity index (χ0v) is 10.5. The van der Waals surface area contributed by atoms with E-state index < -0.39 is 0 Å². The number of hydrogen-bond acceptors (Lipinski definition) is 3. The summed E-state index contributed by atoms with van der Waals surface area (Å²) in [5.74, 6) is -0.199. The second-order valence-electron chi connectivity index (χ2n) is 4.12. The van der Waals surface area contributed by atoms with E-state index in [1.165, 1.54) is 4.90 Å². The lowest BCUT2D eigenvalue weighted by Crippen LogP contribution is -2.27. The minimum Gasteiger partial charge on any atom is -0.397 e. The highest BCUT2D eigenvalue weighted by molar-refractivity contribution is 6.07. The van der Waals surface area contributed by atoms with Gasteiger partial charge in [0, 0.05) is 12.6 Å². The van der Waals surface area contributed by atoms with Crippen molar-refractivity contribution in [2.75, 3.05) is 17.7 Å². The van der Waals surface area contributed by atoms with Crippen LogP contribution in [0.1, 0.15) is 15.9 Å². The van der Waals surface area contributed by atoms with Gasteiger partial charge in [-0.05, 0) is 30.3 Å². The monoisotopic (exact) mass is 251 g/mol. The maximum atomic E-state index is 12.3. The number of carbonyl (C=O) groups excluding carboxylic acids is 1. The molecule has 0 aliphatic heterocycles. The summed E-state index contributed by atoms with van der Waals surface area (Å²) in [4.78, 5) is 13.8. The summed E-state index contributed by atoms with van der Waals surface area (Å²) in [5, 5.41) is 8.85. The predicted molar refractivity (Wildman–Crippen MR) is 74.7 cm³/mol. The van der Waals surface area contributed by atoms with Crippen LogP contribution in [0.15, 0.2) is 48.5 Å². The van der Waals surface area contributed by atoms with E-state index in [4.69, 9.17) is 11.0 Å². The number of nitrogens with zero attached hydrogens (tertiary/aromatic N) is 2. The molecule has 19 heavy (non-hydrogen) atoms. The van der Waals surface area contributed by atoms with E-state index in [2.05, 4.69) is 0 Å². The van der Waals surface area contributed by atoms with Crippen LogP contribution in [0, 0.1) is 11.3 Å².